The Morgan fingerprint density at radius 2 is 2.07 bits per heavy atom. The number of aryl methyl sites for hydroxylation is 1. The fourth-order valence-corrected chi connectivity index (χ4v) is 3.65. The van der Waals surface area contributed by atoms with Gasteiger partial charge in [0, 0.05) is 13.0 Å². The van der Waals surface area contributed by atoms with Gasteiger partial charge in [0.15, 0.2) is 0 Å². The fourth-order valence-electron chi connectivity index (χ4n) is 3.65. The second-order valence-electron chi connectivity index (χ2n) is 6.90. The summed E-state index contributed by atoms with van der Waals surface area (Å²) in [6.07, 6.45) is -0.729. The lowest BCUT2D eigenvalue weighted by molar-refractivity contribution is 0.354. The molecule has 1 aliphatic rings. The van der Waals surface area contributed by atoms with Crippen molar-refractivity contribution in [3.8, 4) is 17.5 Å². The largest absolute Gasteiger partial charge is 0.497 e. The Kier molecular flexibility index (Phi) is 4.57. The van der Waals surface area contributed by atoms with Crippen LogP contribution in [0.5, 0.6) is 5.75 Å². The molecule has 1 N–H and O–H groups in total. The predicted molar refractivity (Wildman–Crippen MR) is 104 cm³/mol. The van der Waals surface area contributed by atoms with Gasteiger partial charge in [-0.05, 0) is 48.9 Å². The maximum absolute atomic E-state index is 13.9. The van der Waals surface area contributed by atoms with Crippen LogP contribution >= 0.6 is 0 Å². The van der Waals surface area contributed by atoms with E-state index >= 15 is 0 Å². The molecule has 0 saturated carbocycles. The SMILES string of the molecule is COc1ccc(-n2c([C@H]3C[C@H](F)CN3)nc3c(C)cc(C#N)cc3c2=O)cc1. The van der Waals surface area contributed by atoms with Crippen LogP contribution in [-0.4, -0.2) is 29.4 Å². The average Bonchev–Trinajstić information content (AvgIpc) is 3.14. The highest BCUT2D eigenvalue weighted by Crippen LogP contribution is 2.28. The topological polar surface area (TPSA) is 79.9 Å². The summed E-state index contributed by atoms with van der Waals surface area (Å²) in [4.78, 5) is 18.2. The lowest BCUT2D eigenvalue weighted by atomic mass is 10.1. The predicted octanol–water partition coefficient (Wildman–Crippen LogP) is 2.95. The Bertz CT molecular complexity index is 1150. The van der Waals surface area contributed by atoms with Crippen LogP contribution in [0.15, 0.2) is 41.2 Å². The van der Waals surface area contributed by atoms with Crippen LogP contribution < -0.4 is 15.6 Å². The number of hydrogen-bond acceptors (Lipinski definition) is 5. The molecule has 1 fully saturated rings. The van der Waals surface area contributed by atoms with Crippen LogP contribution in [0.1, 0.15) is 29.4 Å². The number of aromatic nitrogens is 2. The normalized spacial score (nSPS) is 18.9. The monoisotopic (exact) mass is 378 g/mol. The number of halogens is 1. The first kappa shape index (κ1) is 18.1. The summed E-state index contributed by atoms with van der Waals surface area (Å²) < 4.78 is 20.5. The zero-order chi connectivity index (χ0) is 19.8. The van der Waals surface area contributed by atoms with E-state index in [0.29, 0.717) is 33.7 Å². The van der Waals surface area contributed by atoms with Crippen molar-refractivity contribution in [2.75, 3.05) is 13.7 Å². The Hall–Kier alpha value is -3.24. The zero-order valence-electron chi connectivity index (χ0n) is 15.6. The molecule has 3 aromatic rings. The number of nitrogens with zero attached hydrogens (tertiary/aromatic N) is 3. The summed E-state index contributed by atoms with van der Waals surface area (Å²) in [5.74, 6) is 1.13. The number of rotatable bonds is 3. The number of fused-ring (bicyclic) bond motifs is 1. The van der Waals surface area contributed by atoms with E-state index in [-0.39, 0.29) is 24.6 Å². The minimum absolute atomic E-state index is 0.230. The third kappa shape index (κ3) is 3.02. The second-order valence-corrected chi connectivity index (χ2v) is 6.90. The minimum Gasteiger partial charge on any atom is -0.497 e. The molecular weight excluding hydrogens is 359 g/mol. The number of alkyl halides is 1. The van der Waals surface area contributed by atoms with Crippen molar-refractivity contribution in [2.45, 2.75) is 25.6 Å². The molecule has 0 bridgehead atoms. The Morgan fingerprint density at radius 1 is 1.32 bits per heavy atom. The van der Waals surface area contributed by atoms with E-state index in [1.165, 1.54) is 4.57 Å². The van der Waals surface area contributed by atoms with Gasteiger partial charge in [0.1, 0.15) is 17.7 Å². The van der Waals surface area contributed by atoms with E-state index < -0.39 is 6.17 Å². The lowest BCUT2D eigenvalue weighted by Gasteiger charge is -2.19. The van der Waals surface area contributed by atoms with Crippen LogP contribution in [0.2, 0.25) is 0 Å². The molecule has 1 saturated heterocycles. The molecule has 4 rings (SSSR count). The van der Waals surface area contributed by atoms with Crippen LogP contribution in [-0.2, 0) is 0 Å². The summed E-state index contributed by atoms with van der Waals surface area (Å²) in [6.45, 7) is 2.05. The van der Waals surface area contributed by atoms with Gasteiger partial charge >= 0.3 is 0 Å². The van der Waals surface area contributed by atoms with E-state index in [9.17, 15) is 14.4 Å². The maximum atomic E-state index is 13.9. The fraction of sp³-hybridized carbons (Fsp3) is 0.286. The van der Waals surface area contributed by atoms with Gasteiger partial charge in [-0.3, -0.25) is 9.36 Å². The highest BCUT2D eigenvalue weighted by Gasteiger charge is 2.30. The van der Waals surface area contributed by atoms with Gasteiger partial charge in [0.2, 0.25) is 0 Å². The molecule has 0 amide bonds. The van der Waals surface area contributed by atoms with Gasteiger partial charge in [0.25, 0.3) is 5.56 Å². The van der Waals surface area contributed by atoms with Gasteiger partial charge in [0.05, 0.1) is 41.4 Å². The van der Waals surface area contributed by atoms with Gasteiger partial charge in [-0.2, -0.15) is 5.26 Å². The number of benzene rings is 2. The molecule has 6 nitrogen and oxygen atoms in total. The van der Waals surface area contributed by atoms with Crippen LogP contribution in [0, 0.1) is 18.3 Å². The van der Waals surface area contributed by atoms with Gasteiger partial charge in [-0.1, -0.05) is 0 Å². The molecule has 28 heavy (non-hydrogen) atoms. The molecule has 1 aliphatic heterocycles. The maximum Gasteiger partial charge on any atom is 0.266 e. The first-order valence-corrected chi connectivity index (χ1v) is 9.01. The number of ether oxygens (including phenoxy) is 1. The third-order valence-corrected chi connectivity index (χ3v) is 5.04. The standard InChI is InChI=1S/C21H19FN4O2/c1-12-7-13(10-23)8-17-19(12)25-20(18-9-14(22)11-24-18)26(21(17)27)15-3-5-16(28-2)6-4-15/h3-8,14,18,24H,9,11H2,1-2H3/t14-,18+/m0/s1. The van der Waals surface area contributed by atoms with Crippen LogP contribution in [0.25, 0.3) is 16.6 Å². The van der Waals surface area contributed by atoms with E-state index in [4.69, 9.17) is 9.72 Å². The van der Waals surface area contributed by atoms with E-state index in [2.05, 4.69) is 11.4 Å². The molecule has 1 aromatic heterocycles. The average molecular weight is 378 g/mol. The molecule has 7 heteroatoms. The molecular formula is C21H19FN4O2. The van der Waals surface area contributed by atoms with Crippen molar-refractivity contribution < 1.29 is 9.13 Å². The van der Waals surface area contributed by atoms with Crippen molar-refractivity contribution in [2.24, 2.45) is 0 Å². The molecule has 0 aliphatic carbocycles. The summed E-state index contributed by atoms with van der Waals surface area (Å²) in [5.41, 5.74) is 2.01. The first-order chi connectivity index (χ1) is 13.5. The Balaban J connectivity index is 2.02. The summed E-state index contributed by atoms with van der Waals surface area (Å²) in [6, 6.07) is 12.0. The first-order valence-electron chi connectivity index (χ1n) is 9.01. The lowest BCUT2D eigenvalue weighted by Crippen LogP contribution is -2.29. The molecule has 2 aromatic carbocycles. The molecule has 2 atom stereocenters. The Morgan fingerprint density at radius 3 is 2.68 bits per heavy atom. The van der Waals surface area contributed by atoms with Crippen molar-refractivity contribution in [1.29, 1.82) is 5.26 Å². The highest BCUT2D eigenvalue weighted by molar-refractivity contribution is 5.83. The van der Waals surface area contributed by atoms with E-state index in [0.717, 1.165) is 5.56 Å². The summed E-state index contributed by atoms with van der Waals surface area (Å²) >= 11 is 0. The van der Waals surface area contributed by atoms with Gasteiger partial charge < -0.3 is 10.1 Å². The Labute approximate surface area is 161 Å². The van der Waals surface area contributed by atoms with Crippen LogP contribution in [0.4, 0.5) is 4.39 Å². The van der Waals surface area contributed by atoms with Crippen molar-refractivity contribution in [3.05, 3.63) is 63.7 Å². The zero-order valence-corrected chi connectivity index (χ0v) is 15.6. The number of nitrogens with one attached hydrogen (secondary N) is 1. The molecule has 2 heterocycles. The molecule has 0 spiro atoms. The van der Waals surface area contributed by atoms with Crippen molar-refractivity contribution >= 4 is 10.9 Å². The van der Waals surface area contributed by atoms with Crippen LogP contribution in [0.3, 0.4) is 0 Å². The van der Waals surface area contributed by atoms with E-state index in [1.807, 2.05) is 6.92 Å². The smallest absolute Gasteiger partial charge is 0.266 e. The third-order valence-electron chi connectivity index (χ3n) is 5.04. The van der Waals surface area contributed by atoms with Crippen molar-refractivity contribution in [3.63, 3.8) is 0 Å². The second kappa shape index (κ2) is 7.06. The van der Waals surface area contributed by atoms with Crippen molar-refractivity contribution in [1.82, 2.24) is 14.9 Å². The highest BCUT2D eigenvalue weighted by atomic mass is 19.1. The summed E-state index contributed by atoms with van der Waals surface area (Å²) in [7, 11) is 1.57. The molecule has 0 radical (unpaired) electrons. The minimum atomic E-state index is -0.982. The quantitative estimate of drug-likeness (QED) is 0.758. The number of nitriles is 1. The molecule has 142 valence electrons. The van der Waals surface area contributed by atoms with Gasteiger partial charge in [-0.15, -0.1) is 0 Å². The van der Waals surface area contributed by atoms with E-state index in [1.54, 1.807) is 43.5 Å². The molecule has 0 unspecified atom stereocenters. The number of hydrogen-bond donors (Lipinski definition) is 1. The number of methoxy groups -OCH3 is 1. The van der Waals surface area contributed by atoms with Gasteiger partial charge in [-0.25, -0.2) is 9.37 Å². The summed E-state index contributed by atoms with van der Waals surface area (Å²) in [5, 5.41) is 12.7.